The number of nitrogens with one attached hydrogen (secondary N) is 2. The number of hydrogen-bond acceptors (Lipinski definition) is 3. The summed E-state index contributed by atoms with van der Waals surface area (Å²) in [7, 11) is 0. The van der Waals surface area contributed by atoms with Crippen LogP contribution < -0.4 is 10.6 Å². The van der Waals surface area contributed by atoms with Crippen LogP contribution in [0.2, 0.25) is 0 Å². The van der Waals surface area contributed by atoms with Crippen LogP contribution in [-0.4, -0.2) is 28.9 Å². The van der Waals surface area contributed by atoms with E-state index < -0.39 is 29.7 Å². The number of anilines is 1. The number of fused-ring (bicyclic) bond motifs is 1. The number of rotatable bonds is 3. The average Bonchev–Trinajstić information content (AvgIpc) is 2.79. The molecule has 6 nitrogen and oxygen atoms in total. The largest absolute Gasteiger partial charge is 0.481 e. The number of aliphatic carboxylic acids is 1. The lowest BCUT2D eigenvalue weighted by Crippen LogP contribution is -2.45. The Balaban J connectivity index is 1.81. The first-order valence-electron chi connectivity index (χ1n) is 8.58. The monoisotopic (exact) mass is 348 g/mol. The van der Waals surface area contributed by atoms with E-state index in [2.05, 4.69) is 10.6 Å². The van der Waals surface area contributed by atoms with E-state index in [-0.39, 0.29) is 18.2 Å². The standard InChI is InChI=1S/C18H21FN2O4/c19-10-6-7-11-13(9-16(22)20-15(11)8-10)17(23)21-14-5-3-1-2-4-12(14)18(24)25/h6-8,12-14H,1-5,9H2,(H,20,22)(H,21,23)(H,24,25)/t12-,13?,14+/m1/s1. The minimum Gasteiger partial charge on any atom is -0.481 e. The third-order valence-electron chi connectivity index (χ3n) is 5.03. The summed E-state index contributed by atoms with van der Waals surface area (Å²) >= 11 is 0. The van der Waals surface area contributed by atoms with Gasteiger partial charge in [0.05, 0.1) is 11.8 Å². The molecule has 0 saturated heterocycles. The molecule has 1 fully saturated rings. The second-order valence-corrected chi connectivity index (χ2v) is 6.73. The number of hydrogen-bond donors (Lipinski definition) is 3. The topological polar surface area (TPSA) is 95.5 Å². The number of amides is 2. The van der Waals surface area contributed by atoms with Gasteiger partial charge in [-0.1, -0.05) is 25.3 Å². The Kier molecular flexibility index (Phi) is 5.01. The molecule has 1 aromatic carbocycles. The van der Waals surface area contributed by atoms with Gasteiger partial charge >= 0.3 is 5.97 Å². The normalized spacial score (nSPS) is 26.1. The summed E-state index contributed by atoms with van der Waals surface area (Å²) < 4.78 is 13.4. The molecule has 134 valence electrons. The van der Waals surface area contributed by atoms with Gasteiger partial charge in [-0.2, -0.15) is 0 Å². The SMILES string of the molecule is O=C1CC(C(=O)N[C@H]2CCCCC[C@H]2C(=O)O)c2ccc(F)cc2N1. The number of carbonyl (C=O) groups is 3. The van der Waals surface area contributed by atoms with Gasteiger partial charge in [-0.15, -0.1) is 0 Å². The molecule has 0 spiro atoms. The quantitative estimate of drug-likeness (QED) is 0.731. The maximum atomic E-state index is 13.4. The van der Waals surface area contributed by atoms with Crippen LogP contribution in [0.25, 0.3) is 0 Å². The summed E-state index contributed by atoms with van der Waals surface area (Å²) in [6.07, 6.45) is 3.75. The Hall–Kier alpha value is -2.44. The van der Waals surface area contributed by atoms with Gasteiger partial charge in [-0.3, -0.25) is 14.4 Å². The molecule has 7 heteroatoms. The van der Waals surface area contributed by atoms with Crippen LogP contribution in [-0.2, 0) is 14.4 Å². The van der Waals surface area contributed by atoms with E-state index in [1.165, 1.54) is 18.2 Å². The molecule has 1 aromatic rings. The van der Waals surface area contributed by atoms with Gasteiger partial charge in [0.15, 0.2) is 0 Å². The van der Waals surface area contributed by atoms with Crippen molar-refractivity contribution in [3.8, 4) is 0 Å². The summed E-state index contributed by atoms with van der Waals surface area (Å²) in [5.74, 6) is -3.47. The highest BCUT2D eigenvalue weighted by Gasteiger charge is 2.35. The number of carboxylic acid groups (broad SMARTS) is 1. The predicted octanol–water partition coefficient (Wildman–Crippen LogP) is 2.40. The number of halogens is 1. The molecule has 25 heavy (non-hydrogen) atoms. The molecule has 0 aromatic heterocycles. The van der Waals surface area contributed by atoms with Crippen molar-refractivity contribution in [3.05, 3.63) is 29.6 Å². The smallest absolute Gasteiger partial charge is 0.308 e. The number of carbonyl (C=O) groups excluding carboxylic acids is 2. The zero-order valence-electron chi connectivity index (χ0n) is 13.8. The van der Waals surface area contributed by atoms with E-state index in [4.69, 9.17) is 0 Å². The Labute approximate surface area is 144 Å². The van der Waals surface area contributed by atoms with Gasteiger partial charge in [-0.05, 0) is 30.5 Å². The first-order valence-corrected chi connectivity index (χ1v) is 8.58. The molecule has 3 atom stereocenters. The number of benzene rings is 1. The molecule has 0 radical (unpaired) electrons. The molecule has 1 aliphatic heterocycles. The second kappa shape index (κ2) is 7.21. The van der Waals surface area contributed by atoms with Crippen molar-refractivity contribution in [3.63, 3.8) is 0 Å². The van der Waals surface area contributed by atoms with Crippen molar-refractivity contribution in [2.45, 2.75) is 50.5 Å². The molecule has 3 N–H and O–H groups in total. The zero-order valence-corrected chi connectivity index (χ0v) is 13.8. The van der Waals surface area contributed by atoms with Crippen molar-refractivity contribution in [1.82, 2.24) is 5.32 Å². The lowest BCUT2D eigenvalue weighted by atomic mass is 9.88. The third kappa shape index (κ3) is 3.81. The van der Waals surface area contributed by atoms with Crippen LogP contribution in [0.15, 0.2) is 18.2 Å². The Bertz CT molecular complexity index is 706. The lowest BCUT2D eigenvalue weighted by Gasteiger charge is -2.28. The van der Waals surface area contributed by atoms with Crippen molar-refractivity contribution in [2.24, 2.45) is 5.92 Å². The van der Waals surface area contributed by atoms with Gasteiger partial charge in [0.2, 0.25) is 11.8 Å². The van der Waals surface area contributed by atoms with Gasteiger partial charge in [0.25, 0.3) is 0 Å². The fourth-order valence-corrected chi connectivity index (χ4v) is 3.73. The lowest BCUT2D eigenvalue weighted by molar-refractivity contribution is -0.143. The highest BCUT2D eigenvalue weighted by molar-refractivity contribution is 6.01. The van der Waals surface area contributed by atoms with E-state index in [1.54, 1.807) is 0 Å². The zero-order chi connectivity index (χ0) is 18.0. The van der Waals surface area contributed by atoms with Crippen LogP contribution in [0.1, 0.15) is 50.0 Å². The highest BCUT2D eigenvalue weighted by Crippen LogP contribution is 2.33. The van der Waals surface area contributed by atoms with Crippen LogP contribution >= 0.6 is 0 Å². The maximum Gasteiger partial charge on any atom is 0.308 e. The van der Waals surface area contributed by atoms with Crippen LogP contribution in [0.3, 0.4) is 0 Å². The van der Waals surface area contributed by atoms with Crippen LogP contribution in [0.5, 0.6) is 0 Å². The van der Waals surface area contributed by atoms with Crippen LogP contribution in [0.4, 0.5) is 10.1 Å². The Morgan fingerprint density at radius 2 is 1.96 bits per heavy atom. The van der Waals surface area contributed by atoms with E-state index in [0.29, 0.717) is 24.1 Å². The summed E-state index contributed by atoms with van der Waals surface area (Å²) in [5, 5.41) is 14.8. The third-order valence-corrected chi connectivity index (χ3v) is 5.03. The van der Waals surface area contributed by atoms with Gasteiger partial charge in [-0.25, -0.2) is 4.39 Å². The molecule has 1 aliphatic carbocycles. The average molecular weight is 348 g/mol. The van der Waals surface area contributed by atoms with Crippen molar-refractivity contribution in [2.75, 3.05) is 5.32 Å². The minimum atomic E-state index is -0.906. The fraction of sp³-hybridized carbons (Fsp3) is 0.500. The highest BCUT2D eigenvalue weighted by atomic mass is 19.1. The van der Waals surface area contributed by atoms with E-state index in [9.17, 15) is 23.9 Å². The first-order chi connectivity index (χ1) is 12.0. The molecular weight excluding hydrogens is 327 g/mol. The van der Waals surface area contributed by atoms with E-state index in [1.807, 2.05) is 0 Å². The second-order valence-electron chi connectivity index (χ2n) is 6.73. The molecule has 1 unspecified atom stereocenters. The fourth-order valence-electron chi connectivity index (χ4n) is 3.73. The maximum absolute atomic E-state index is 13.4. The molecule has 2 aliphatic rings. The van der Waals surface area contributed by atoms with E-state index in [0.717, 1.165) is 19.3 Å². The van der Waals surface area contributed by atoms with Gasteiger partial charge in [0, 0.05) is 18.2 Å². The van der Waals surface area contributed by atoms with Crippen LogP contribution in [0, 0.1) is 11.7 Å². The molecule has 2 amide bonds. The summed E-state index contributed by atoms with van der Waals surface area (Å²) in [5.41, 5.74) is 0.853. The Morgan fingerprint density at radius 1 is 1.20 bits per heavy atom. The first kappa shape index (κ1) is 17.4. The van der Waals surface area contributed by atoms with Gasteiger partial charge < -0.3 is 15.7 Å². The Morgan fingerprint density at radius 3 is 2.72 bits per heavy atom. The molecule has 1 saturated carbocycles. The number of carboxylic acids is 1. The molecule has 3 rings (SSSR count). The van der Waals surface area contributed by atoms with Crippen molar-refractivity contribution in [1.29, 1.82) is 0 Å². The van der Waals surface area contributed by atoms with Crippen molar-refractivity contribution < 1.29 is 23.9 Å². The molecule has 1 heterocycles. The summed E-state index contributed by atoms with van der Waals surface area (Å²) in [4.78, 5) is 36.1. The van der Waals surface area contributed by atoms with E-state index >= 15 is 0 Å². The molecule has 0 bridgehead atoms. The predicted molar refractivity (Wildman–Crippen MR) is 88.5 cm³/mol. The van der Waals surface area contributed by atoms with Crippen molar-refractivity contribution >= 4 is 23.5 Å². The summed E-state index contributed by atoms with van der Waals surface area (Å²) in [6, 6.07) is 3.50. The minimum absolute atomic E-state index is 0.0328. The molecular formula is C18H21FN2O4. The summed E-state index contributed by atoms with van der Waals surface area (Å²) in [6.45, 7) is 0. The van der Waals surface area contributed by atoms with Gasteiger partial charge in [0.1, 0.15) is 5.82 Å².